The summed E-state index contributed by atoms with van der Waals surface area (Å²) in [6.45, 7) is 4.63. The van der Waals surface area contributed by atoms with Gasteiger partial charge in [0.2, 0.25) is 0 Å². The first-order chi connectivity index (χ1) is 5.34. The number of hydrogen-bond donors (Lipinski definition) is 0. The van der Waals surface area contributed by atoms with Gasteiger partial charge in [-0.2, -0.15) is 0 Å². The molecule has 0 bridgehead atoms. The molecule has 0 aromatic rings. The lowest BCUT2D eigenvalue weighted by Crippen LogP contribution is -2.08. The molecule has 1 rings (SSSR count). The minimum atomic E-state index is 0.811. The highest BCUT2D eigenvalue weighted by molar-refractivity contribution is 9.38. The molecule has 1 atom stereocenters. The van der Waals surface area contributed by atoms with Crippen LogP contribution in [0.25, 0.3) is 0 Å². The Kier molecular flexibility index (Phi) is 6.14. The van der Waals surface area contributed by atoms with Gasteiger partial charge >= 0.3 is 0 Å². The van der Waals surface area contributed by atoms with Gasteiger partial charge in [-0.25, -0.2) is 0 Å². The maximum Gasteiger partial charge on any atom is 0.0751 e. The van der Waals surface area contributed by atoms with E-state index in [2.05, 4.69) is 13.8 Å². The van der Waals surface area contributed by atoms with Gasteiger partial charge in [-0.15, -0.1) is 0 Å². The Morgan fingerprint density at radius 3 is 2.36 bits per heavy atom. The fourth-order valence-electron chi connectivity index (χ4n) is 0.918. The molecule has 0 amide bonds. The average Bonchev–Trinajstić information content (AvgIpc) is 2.07. The van der Waals surface area contributed by atoms with Crippen molar-refractivity contribution in [3.05, 3.63) is 0 Å². The first-order valence-corrected chi connectivity index (χ1v) is 9.94. The Hall–Kier alpha value is 1.75. The molecule has 1 heterocycles. The predicted octanol–water partition coefficient (Wildman–Crippen LogP) is 5.09. The topological polar surface area (TPSA) is 0 Å². The molecule has 5 heteroatoms. The van der Waals surface area contributed by atoms with E-state index in [1.807, 2.05) is 51.1 Å². The molecule has 0 spiro atoms. The zero-order valence-corrected chi connectivity index (χ0v) is 10.7. The van der Waals surface area contributed by atoms with E-state index >= 15 is 0 Å². The van der Waals surface area contributed by atoms with E-state index in [1.54, 1.807) is 0 Å². The number of rotatable bonds is 3. The van der Waals surface area contributed by atoms with Crippen molar-refractivity contribution in [2.75, 3.05) is 0 Å². The second-order valence-corrected chi connectivity index (χ2v) is 10.7. The molecule has 1 saturated heterocycles. The average molecular weight is 244 g/mol. The highest BCUT2D eigenvalue weighted by Gasteiger charge is 2.22. The van der Waals surface area contributed by atoms with Crippen molar-refractivity contribution in [3.8, 4) is 0 Å². The standard InChI is InChI=1S/C6H12S5/c1-3-4-5(2)6-7-9-11-10-8-6/h5-6H,3-4H2,1-2H3. The van der Waals surface area contributed by atoms with E-state index in [0.29, 0.717) is 0 Å². The van der Waals surface area contributed by atoms with Crippen LogP contribution >= 0.6 is 51.1 Å². The van der Waals surface area contributed by atoms with Crippen LogP contribution in [0.5, 0.6) is 0 Å². The third kappa shape index (κ3) is 3.98. The van der Waals surface area contributed by atoms with Crippen molar-refractivity contribution in [3.63, 3.8) is 0 Å². The first kappa shape index (κ1) is 10.8. The summed E-state index contributed by atoms with van der Waals surface area (Å²) in [5.41, 5.74) is 0. The van der Waals surface area contributed by atoms with Crippen molar-refractivity contribution in [1.82, 2.24) is 0 Å². The Balaban J connectivity index is 2.21. The van der Waals surface area contributed by atoms with E-state index in [0.717, 1.165) is 10.5 Å². The molecular weight excluding hydrogens is 232 g/mol. The zero-order chi connectivity index (χ0) is 8.10. The van der Waals surface area contributed by atoms with Crippen molar-refractivity contribution in [2.45, 2.75) is 31.3 Å². The van der Waals surface area contributed by atoms with E-state index < -0.39 is 0 Å². The van der Waals surface area contributed by atoms with Crippen molar-refractivity contribution >= 4 is 51.1 Å². The summed E-state index contributed by atoms with van der Waals surface area (Å²) in [5, 5.41) is 0. The summed E-state index contributed by atoms with van der Waals surface area (Å²) >= 11 is 0. The maximum absolute atomic E-state index is 2.37. The largest absolute Gasteiger partial charge is 0.0751 e. The van der Waals surface area contributed by atoms with Crippen LogP contribution in [0.1, 0.15) is 26.7 Å². The van der Waals surface area contributed by atoms with Crippen LogP contribution in [0, 0.1) is 5.92 Å². The molecule has 0 saturated carbocycles. The van der Waals surface area contributed by atoms with Gasteiger partial charge in [-0.05, 0) is 41.8 Å². The van der Waals surface area contributed by atoms with Gasteiger partial charge in [-0.3, -0.25) is 0 Å². The lowest BCUT2D eigenvalue weighted by Gasteiger charge is -2.23. The first-order valence-electron chi connectivity index (χ1n) is 3.66. The Labute approximate surface area is 87.8 Å². The Bertz CT molecular complexity index is 101. The van der Waals surface area contributed by atoms with E-state index in [-0.39, 0.29) is 0 Å². The molecule has 66 valence electrons. The van der Waals surface area contributed by atoms with Crippen LogP contribution in [0.15, 0.2) is 0 Å². The highest BCUT2D eigenvalue weighted by Crippen LogP contribution is 2.61. The molecule has 11 heavy (non-hydrogen) atoms. The minimum absolute atomic E-state index is 0.811. The fourth-order valence-corrected chi connectivity index (χ4v) is 13.0. The van der Waals surface area contributed by atoms with E-state index in [1.165, 1.54) is 12.8 Å². The summed E-state index contributed by atoms with van der Waals surface area (Å²) in [7, 11) is 9.82. The van der Waals surface area contributed by atoms with Crippen LogP contribution < -0.4 is 0 Å². The van der Waals surface area contributed by atoms with Gasteiger partial charge in [0, 0.05) is 0 Å². The number of hydrogen-bond acceptors (Lipinski definition) is 5. The fraction of sp³-hybridized carbons (Fsp3) is 1.00. The van der Waals surface area contributed by atoms with Gasteiger partial charge in [0.1, 0.15) is 0 Å². The van der Waals surface area contributed by atoms with Gasteiger partial charge < -0.3 is 0 Å². The van der Waals surface area contributed by atoms with Crippen molar-refractivity contribution in [1.29, 1.82) is 0 Å². The molecule has 0 N–H and O–H groups in total. The normalized spacial score (nSPS) is 23.5. The lowest BCUT2D eigenvalue weighted by atomic mass is 10.1. The monoisotopic (exact) mass is 244 g/mol. The third-order valence-corrected chi connectivity index (χ3v) is 11.9. The van der Waals surface area contributed by atoms with Crippen LogP contribution in [-0.4, -0.2) is 4.58 Å². The summed E-state index contributed by atoms with van der Waals surface area (Å²) in [5.74, 6) is 0.871. The molecule has 0 radical (unpaired) electrons. The van der Waals surface area contributed by atoms with Gasteiger partial charge in [0.05, 0.1) is 4.58 Å². The van der Waals surface area contributed by atoms with Crippen molar-refractivity contribution < 1.29 is 0 Å². The smallest absolute Gasteiger partial charge is 0.0661 e. The Morgan fingerprint density at radius 2 is 1.82 bits per heavy atom. The maximum atomic E-state index is 2.37. The van der Waals surface area contributed by atoms with Crippen LogP contribution in [0.3, 0.4) is 0 Å². The SMILES string of the molecule is CCCC(C)C1SSSSS1. The van der Waals surface area contributed by atoms with E-state index in [9.17, 15) is 0 Å². The summed E-state index contributed by atoms with van der Waals surface area (Å²) in [6, 6.07) is 0. The van der Waals surface area contributed by atoms with Crippen LogP contribution in [-0.2, 0) is 0 Å². The van der Waals surface area contributed by atoms with E-state index in [4.69, 9.17) is 0 Å². The van der Waals surface area contributed by atoms with Crippen molar-refractivity contribution in [2.24, 2.45) is 5.92 Å². The quantitative estimate of drug-likeness (QED) is 0.632. The minimum Gasteiger partial charge on any atom is -0.0661 e. The molecule has 0 aromatic carbocycles. The highest BCUT2D eigenvalue weighted by atomic mass is 33.8. The zero-order valence-electron chi connectivity index (χ0n) is 6.61. The van der Waals surface area contributed by atoms with Crippen LogP contribution in [0.4, 0.5) is 0 Å². The molecule has 1 fully saturated rings. The molecule has 0 nitrogen and oxygen atoms in total. The second-order valence-electron chi connectivity index (χ2n) is 2.53. The summed E-state index contributed by atoms with van der Waals surface area (Å²) in [4.78, 5) is 0. The van der Waals surface area contributed by atoms with Crippen LogP contribution in [0.2, 0.25) is 0 Å². The van der Waals surface area contributed by atoms with Gasteiger partial charge in [-0.1, -0.05) is 41.9 Å². The molecule has 0 aliphatic carbocycles. The lowest BCUT2D eigenvalue weighted by molar-refractivity contribution is 0.569. The summed E-state index contributed by atoms with van der Waals surface area (Å²) in [6.07, 6.45) is 2.69. The van der Waals surface area contributed by atoms with Gasteiger partial charge in [0.25, 0.3) is 0 Å². The molecule has 0 aromatic heterocycles. The second kappa shape index (κ2) is 6.24. The Morgan fingerprint density at radius 1 is 1.18 bits per heavy atom. The molecular formula is C6H12S5. The third-order valence-electron chi connectivity index (χ3n) is 1.53. The molecule has 1 unspecified atom stereocenters. The predicted molar refractivity (Wildman–Crippen MR) is 65.8 cm³/mol. The van der Waals surface area contributed by atoms with Gasteiger partial charge in [0.15, 0.2) is 0 Å². The summed E-state index contributed by atoms with van der Waals surface area (Å²) < 4.78 is 0.811. The molecule has 1 aliphatic rings. The molecule has 1 aliphatic heterocycles.